The number of hydrogen-bond acceptors (Lipinski definition) is 7. The lowest BCUT2D eigenvalue weighted by molar-refractivity contribution is -0.139. The van der Waals surface area contributed by atoms with Gasteiger partial charge in [-0.25, -0.2) is 8.78 Å². The van der Waals surface area contributed by atoms with Gasteiger partial charge in [-0.1, -0.05) is 18.2 Å². The Morgan fingerprint density at radius 2 is 1.50 bits per heavy atom. The summed E-state index contributed by atoms with van der Waals surface area (Å²) < 4.78 is 49.0. The van der Waals surface area contributed by atoms with Crippen molar-refractivity contribution in [3.8, 4) is 23.0 Å². The van der Waals surface area contributed by atoms with Gasteiger partial charge in [0, 0.05) is 43.7 Å². The first-order valence-electron chi connectivity index (χ1n) is 11.6. The van der Waals surface area contributed by atoms with Crippen molar-refractivity contribution in [3.05, 3.63) is 89.6 Å². The van der Waals surface area contributed by atoms with Gasteiger partial charge >= 0.3 is 0 Å². The van der Waals surface area contributed by atoms with Crippen LogP contribution in [0, 0.1) is 11.6 Å². The van der Waals surface area contributed by atoms with Crippen molar-refractivity contribution in [2.45, 2.75) is 18.9 Å². The summed E-state index contributed by atoms with van der Waals surface area (Å²) in [5, 5.41) is 0.725. The number of carbonyl (C=O) groups is 2. The summed E-state index contributed by atoms with van der Waals surface area (Å²) in [6, 6.07) is 15.0. The topological polar surface area (TPSA) is 84.0 Å². The highest BCUT2D eigenvalue weighted by Crippen LogP contribution is 2.36. The minimum atomic E-state index is -1.37. The maximum absolute atomic E-state index is 13.9. The van der Waals surface area contributed by atoms with Crippen LogP contribution in [0.2, 0.25) is 0 Å². The standard InChI is InChI=1S/C29H25F2NO6/c1-35-27-15-21-23(16-28(27)36-2)32-11-10-26(21)38-20-8-4-17(5-9-20)12-24(33)29(37-3)25(34)13-18-6-7-19(30)14-22(18)31/h4-11,14-16,29H,12-13H2,1-3H3. The van der Waals surface area contributed by atoms with Crippen molar-refractivity contribution in [1.82, 2.24) is 4.98 Å². The molecule has 4 rings (SSSR count). The molecule has 0 fully saturated rings. The SMILES string of the molecule is COc1cc2nccc(Oc3ccc(CC(=O)C(OC)C(=O)Cc4ccc(F)cc4F)cc3)c2cc1OC. The number of carbonyl (C=O) groups excluding carboxylic acids is 2. The van der Waals surface area contributed by atoms with E-state index in [1.54, 1.807) is 62.9 Å². The fourth-order valence-corrected chi connectivity index (χ4v) is 4.02. The second kappa shape index (κ2) is 11.8. The van der Waals surface area contributed by atoms with Gasteiger partial charge in [-0.2, -0.15) is 0 Å². The molecule has 0 spiro atoms. The Balaban J connectivity index is 1.45. The Morgan fingerprint density at radius 1 is 0.816 bits per heavy atom. The number of pyridine rings is 1. The second-order valence-corrected chi connectivity index (χ2v) is 8.42. The van der Waals surface area contributed by atoms with Crippen molar-refractivity contribution in [2.75, 3.05) is 21.3 Å². The van der Waals surface area contributed by atoms with Gasteiger partial charge in [0.25, 0.3) is 0 Å². The zero-order valence-corrected chi connectivity index (χ0v) is 21.0. The van der Waals surface area contributed by atoms with E-state index in [0.717, 1.165) is 11.5 Å². The van der Waals surface area contributed by atoms with Crippen LogP contribution in [-0.4, -0.2) is 44.0 Å². The molecule has 1 unspecified atom stereocenters. The van der Waals surface area contributed by atoms with Crippen molar-refractivity contribution >= 4 is 22.5 Å². The number of Topliss-reactive ketones (excluding diaryl/α,β-unsaturated/α-hetero) is 2. The molecule has 3 aromatic carbocycles. The van der Waals surface area contributed by atoms with E-state index in [9.17, 15) is 18.4 Å². The average molecular weight is 522 g/mol. The molecule has 7 nitrogen and oxygen atoms in total. The summed E-state index contributed by atoms with van der Waals surface area (Å²) in [6.45, 7) is 0. The highest BCUT2D eigenvalue weighted by atomic mass is 19.1. The van der Waals surface area contributed by atoms with Crippen molar-refractivity contribution < 1.29 is 37.3 Å². The lowest BCUT2D eigenvalue weighted by Gasteiger charge is -2.14. The van der Waals surface area contributed by atoms with E-state index >= 15 is 0 Å². The minimum Gasteiger partial charge on any atom is -0.493 e. The molecule has 4 aromatic rings. The molecule has 0 radical (unpaired) electrons. The molecule has 9 heteroatoms. The number of benzene rings is 3. The third-order valence-electron chi connectivity index (χ3n) is 5.94. The number of rotatable bonds is 11. The van der Waals surface area contributed by atoms with Crippen LogP contribution in [0.4, 0.5) is 8.78 Å². The molecule has 0 saturated carbocycles. The highest BCUT2D eigenvalue weighted by molar-refractivity contribution is 6.06. The first kappa shape index (κ1) is 26.7. The maximum atomic E-state index is 13.9. The predicted octanol–water partition coefficient (Wildman–Crippen LogP) is 5.26. The predicted molar refractivity (Wildman–Crippen MR) is 136 cm³/mol. The van der Waals surface area contributed by atoms with Crippen LogP contribution < -0.4 is 14.2 Å². The third kappa shape index (κ3) is 5.95. The molecule has 1 atom stereocenters. The summed E-state index contributed by atoms with van der Waals surface area (Å²) in [4.78, 5) is 29.8. The molecule has 0 amide bonds. The molecular weight excluding hydrogens is 496 g/mol. The van der Waals surface area contributed by atoms with Gasteiger partial charge < -0.3 is 18.9 Å². The average Bonchev–Trinajstić information content (AvgIpc) is 2.91. The van der Waals surface area contributed by atoms with Gasteiger partial charge in [0.05, 0.1) is 19.7 Å². The molecule has 1 aromatic heterocycles. The highest BCUT2D eigenvalue weighted by Gasteiger charge is 2.27. The summed E-state index contributed by atoms with van der Waals surface area (Å²) in [5.74, 6) is -0.522. The number of ether oxygens (including phenoxy) is 4. The van der Waals surface area contributed by atoms with Crippen LogP contribution in [0.1, 0.15) is 11.1 Å². The Morgan fingerprint density at radius 3 is 2.16 bits per heavy atom. The molecule has 1 heterocycles. The first-order valence-corrected chi connectivity index (χ1v) is 11.6. The molecule has 0 bridgehead atoms. The van der Waals surface area contributed by atoms with Crippen molar-refractivity contribution in [1.29, 1.82) is 0 Å². The van der Waals surface area contributed by atoms with Gasteiger partial charge in [-0.05, 0) is 41.5 Å². The summed E-state index contributed by atoms with van der Waals surface area (Å²) in [6.07, 6.45) is -0.215. The fourth-order valence-electron chi connectivity index (χ4n) is 4.02. The van der Waals surface area contributed by atoms with Crippen molar-refractivity contribution in [2.24, 2.45) is 0 Å². The van der Waals surface area contributed by atoms with Gasteiger partial charge in [0.1, 0.15) is 23.1 Å². The fraction of sp³-hybridized carbons (Fsp3) is 0.207. The molecule has 0 aliphatic heterocycles. The molecule has 38 heavy (non-hydrogen) atoms. The van der Waals surface area contributed by atoms with Crippen LogP contribution in [0.5, 0.6) is 23.0 Å². The molecule has 0 aliphatic rings. The number of nitrogens with zero attached hydrogens (tertiary/aromatic N) is 1. The van der Waals surface area contributed by atoms with Gasteiger partial charge in [-0.15, -0.1) is 0 Å². The van der Waals surface area contributed by atoms with E-state index in [0.29, 0.717) is 40.1 Å². The number of methoxy groups -OCH3 is 3. The van der Waals surface area contributed by atoms with E-state index in [1.165, 1.54) is 13.2 Å². The quantitative estimate of drug-likeness (QED) is 0.249. The second-order valence-electron chi connectivity index (χ2n) is 8.42. The van der Waals surface area contributed by atoms with Gasteiger partial charge in [-0.3, -0.25) is 14.6 Å². The zero-order chi connectivity index (χ0) is 27.2. The van der Waals surface area contributed by atoms with Gasteiger partial charge in [0.2, 0.25) is 0 Å². The lowest BCUT2D eigenvalue weighted by Crippen LogP contribution is -2.34. The number of hydrogen-bond donors (Lipinski definition) is 0. The first-order chi connectivity index (χ1) is 18.3. The van der Waals surface area contributed by atoms with Crippen LogP contribution in [-0.2, 0) is 27.2 Å². The molecule has 0 aliphatic carbocycles. The number of aromatic nitrogens is 1. The Labute approximate surface area is 217 Å². The summed E-state index contributed by atoms with van der Waals surface area (Å²) in [7, 11) is 4.33. The maximum Gasteiger partial charge on any atom is 0.174 e. The summed E-state index contributed by atoms with van der Waals surface area (Å²) >= 11 is 0. The van der Waals surface area contributed by atoms with Crippen LogP contribution in [0.25, 0.3) is 10.9 Å². The van der Waals surface area contributed by atoms with Crippen LogP contribution >= 0.6 is 0 Å². The number of halogens is 2. The minimum absolute atomic E-state index is 0.00699. The third-order valence-corrected chi connectivity index (χ3v) is 5.94. The van der Waals surface area contributed by atoms with E-state index in [4.69, 9.17) is 18.9 Å². The Kier molecular flexibility index (Phi) is 8.28. The molecule has 0 saturated heterocycles. The normalized spacial score (nSPS) is 11.7. The number of ketones is 2. The van der Waals surface area contributed by atoms with E-state index < -0.39 is 29.3 Å². The molecule has 0 N–H and O–H groups in total. The van der Waals surface area contributed by atoms with E-state index in [-0.39, 0.29) is 18.4 Å². The monoisotopic (exact) mass is 521 g/mol. The lowest BCUT2D eigenvalue weighted by atomic mass is 9.98. The largest absolute Gasteiger partial charge is 0.493 e. The van der Waals surface area contributed by atoms with Crippen molar-refractivity contribution in [3.63, 3.8) is 0 Å². The Bertz CT molecular complexity index is 1470. The molecule has 196 valence electrons. The van der Waals surface area contributed by atoms with E-state index in [1.807, 2.05) is 0 Å². The zero-order valence-electron chi connectivity index (χ0n) is 21.0. The smallest absolute Gasteiger partial charge is 0.174 e. The summed E-state index contributed by atoms with van der Waals surface area (Å²) in [5.41, 5.74) is 1.29. The van der Waals surface area contributed by atoms with Gasteiger partial charge in [0.15, 0.2) is 29.2 Å². The van der Waals surface area contributed by atoms with Crippen LogP contribution in [0.15, 0.2) is 66.9 Å². The number of fused-ring (bicyclic) bond motifs is 1. The molecular formula is C29H25F2NO6. The van der Waals surface area contributed by atoms with Crippen LogP contribution in [0.3, 0.4) is 0 Å². The van der Waals surface area contributed by atoms with E-state index in [2.05, 4.69) is 4.98 Å². The Hall–Kier alpha value is -4.37.